The minimum absolute atomic E-state index is 0.0351. The summed E-state index contributed by atoms with van der Waals surface area (Å²) in [4.78, 5) is 36.9. The molecule has 0 aliphatic heterocycles. The Kier molecular flexibility index (Phi) is 39.6. The maximum atomic E-state index is 12.8. The first-order valence-electron chi connectivity index (χ1n) is 23.8. The summed E-state index contributed by atoms with van der Waals surface area (Å²) in [6.07, 6.45) is 51.0. The number of hydrogen-bond acceptors (Lipinski definition) is 7. The second kappa shape index (κ2) is 41.8. The highest BCUT2D eigenvalue weighted by Crippen LogP contribution is 2.14. The Morgan fingerprint density at radius 1 is 0.525 bits per heavy atom. The van der Waals surface area contributed by atoms with Gasteiger partial charge in [0, 0.05) is 19.3 Å². The molecule has 0 aromatic carbocycles. The first kappa shape index (κ1) is 56.0. The predicted molar refractivity (Wildman–Crippen MR) is 245 cm³/mol. The number of ether oxygens (including phenoxy) is 3. The molecule has 2 unspecified atom stereocenters. The fourth-order valence-electron chi connectivity index (χ4n) is 6.70. The zero-order valence-electron chi connectivity index (χ0n) is 38.7. The van der Waals surface area contributed by atoms with E-state index in [-0.39, 0.29) is 42.7 Å². The van der Waals surface area contributed by atoms with Crippen molar-refractivity contribution in [3.05, 3.63) is 60.8 Å². The summed E-state index contributed by atoms with van der Waals surface area (Å²) in [5, 5.41) is 11.6. The molecular weight excluding hydrogens is 739 g/mol. The number of esters is 2. The van der Waals surface area contributed by atoms with E-state index in [1.54, 1.807) is 21.1 Å². The van der Waals surface area contributed by atoms with Crippen molar-refractivity contribution in [3.63, 3.8) is 0 Å². The van der Waals surface area contributed by atoms with Crippen molar-refractivity contribution in [2.24, 2.45) is 0 Å². The number of quaternary nitrogens is 1. The second-order valence-corrected chi connectivity index (χ2v) is 17.0. The highest BCUT2D eigenvalue weighted by atomic mass is 16.6. The van der Waals surface area contributed by atoms with E-state index in [0.717, 1.165) is 77.0 Å². The van der Waals surface area contributed by atoms with Crippen molar-refractivity contribution >= 4 is 17.9 Å². The third-order valence-electron chi connectivity index (χ3n) is 10.4. The van der Waals surface area contributed by atoms with Crippen LogP contribution in [0.4, 0.5) is 0 Å². The van der Waals surface area contributed by atoms with Crippen LogP contribution in [0.2, 0.25) is 0 Å². The Bertz CT molecular complexity index is 1150. The fourth-order valence-corrected chi connectivity index (χ4v) is 6.70. The molecule has 0 saturated carbocycles. The van der Waals surface area contributed by atoms with Gasteiger partial charge in [0.1, 0.15) is 12.6 Å². The molecule has 0 bridgehead atoms. The lowest BCUT2D eigenvalue weighted by Crippen LogP contribution is -2.55. The van der Waals surface area contributed by atoms with Gasteiger partial charge in [-0.1, -0.05) is 158 Å². The van der Waals surface area contributed by atoms with Gasteiger partial charge in [-0.15, -0.1) is 0 Å². The van der Waals surface area contributed by atoms with E-state index in [9.17, 15) is 19.5 Å². The van der Waals surface area contributed by atoms with Gasteiger partial charge in [0.05, 0.1) is 40.3 Å². The van der Waals surface area contributed by atoms with Crippen LogP contribution in [0.15, 0.2) is 60.8 Å². The van der Waals surface area contributed by atoms with E-state index in [1.807, 2.05) is 0 Å². The van der Waals surface area contributed by atoms with Gasteiger partial charge >= 0.3 is 11.9 Å². The van der Waals surface area contributed by atoms with Crippen LogP contribution < -0.4 is 5.11 Å². The van der Waals surface area contributed by atoms with Gasteiger partial charge in [-0.3, -0.25) is 9.59 Å². The third-order valence-corrected chi connectivity index (χ3v) is 10.4. The monoisotopic (exact) mass is 828 g/mol. The molecule has 8 nitrogen and oxygen atoms in total. The lowest BCUT2D eigenvalue weighted by atomic mass is 10.0. The number of aliphatic carboxylic acids is 1. The molecule has 0 aromatic heterocycles. The lowest BCUT2D eigenvalue weighted by molar-refractivity contribution is -0.889. The maximum absolute atomic E-state index is 12.8. The number of carboxylic acids is 1. The van der Waals surface area contributed by atoms with Gasteiger partial charge in [-0.2, -0.15) is 0 Å². The summed E-state index contributed by atoms with van der Waals surface area (Å²) in [6.45, 7) is 4.51. The number of unbranched alkanes of at least 4 members (excludes halogenated alkanes) is 18. The van der Waals surface area contributed by atoms with Crippen molar-refractivity contribution in [2.75, 3.05) is 41.0 Å². The van der Waals surface area contributed by atoms with Crippen molar-refractivity contribution in [2.45, 2.75) is 206 Å². The van der Waals surface area contributed by atoms with E-state index in [0.29, 0.717) is 12.8 Å². The van der Waals surface area contributed by atoms with Gasteiger partial charge in [0.15, 0.2) is 6.10 Å². The second-order valence-electron chi connectivity index (χ2n) is 17.0. The number of carboxylic acid groups (broad SMARTS) is 1. The molecule has 0 aliphatic carbocycles. The Morgan fingerprint density at radius 3 is 1.42 bits per heavy atom. The molecule has 0 amide bonds. The van der Waals surface area contributed by atoms with Gasteiger partial charge < -0.3 is 28.6 Å². The molecular formula is C51H89NO7. The minimum atomic E-state index is -1.13. The maximum Gasteiger partial charge on any atom is 0.306 e. The Balaban J connectivity index is 4.25. The molecule has 0 aromatic rings. The van der Waals surface area contributed by atoms with E-state index >= 15 is 0 Å². The SMILES string of the molecule is CC/C=C\C/C=C\C/C=C\C/C=C\CCCCCCCCCCCCC(=O)OC(COCCC(C(=O)[O-])[N+](C)(C)C)COC(=O)CCCCCCC/C=C\CCCCC. The molecule has 8 heteroatoms. The summed E-state index contributed by atoms with van der Waals surface area (Å²) in [7, 11) is 5.40. The van der Waals surface area contributed by atoms with Gasteiger partial charge in [-0.25, -0.2) is 0 Å². The Morgan fingerprint density at radius 2 is 0.949 bits per heavy atom. The van der Waals surface area contributed by atoms with Crippen LogP contribution in [0.5, 0.6) is 0 Å². The minimum Gasteiger partial charge on any atom is -0.544 e. The van der Waals surface area contributed by atoms with Crippen LogP contribution in [0.1, 0.15) is 194 Å². The zero-order chi connectivity index (χ0) is 43.5. The number of rotatable bonds is 42. The normalized spacial score (nSPS) is 13.4. The topological polar surface area (TPSA) is 102 Å². The first-order valence-corrected chi connectivity index (χ1v) is 23.8. The molecule has 59 heavy (non-hydrogen) atoms. The predicted octanol–water partition coefficient (Wildman–Crippen LogP) is 12.0. The number of carbonyl (C=O) groups is 3. The molecule has 0 aliphatic rings. The standard InChI is InChI=1S/C51H89NO7/c1-6-8-10-12-14-16-18-20-21-22-23-24-25-26-27-28-29-30-32-34-36-38-40-42-50(54)59-47(45-57-44-43-48(51(55)56)52(3,4)5)46-58-49(53)41-39-37-35-33-31-19-17-15-13-11-9-7-2/h8,10,14-17,20-21,23-24,47-48H,6-7,9,11-13,18-19,22,25-46H2,1-5H3/b10-8-,16-14-,17-15-,21-20-,24-23-. The Hall–Kier alpha value is -2.97. The number of hydrogen-bond donors (Lipinski definition) is 0. The van der Waals surface area contributed by atoms with Crippen LogP contribution >= 0.6 is 0 Å². The largest absolute Gasteiger partial charge is 0.544 e. The van der Waals surface area contributed by atoms with Crippen LogP contribution in [-0.2, 0) is 28.6 Å². The van der Waals surface area contributed by atoms with Crippen LogP contribution in [0.25, 0.3) is 0 Å². The van der Waals surface area contributed by atoms with Gasteiger partial charge in [0.25, 0.3) is 0 Å². The molecule has 0 fully saturated rings. The number of carbonyl (C=O) groups excluding carboxylic acids is 3. The highest BCUT2D eigenvalue weighted by Gasteiger charge is 2.25. The zero-order valence-corrected chi connectivity index (χ0v) is 38.7. The average Bonchev–Trinajstić information content (AvgIpc) is 3.19. The molecule has 2 atom stereocenters. The average molecular weight is 828 g/mol. The third kappa shape index (κ3) is 40.2. The summed E-state index contributed by atoms with van der Waals surface area (Å²) < 4.78 is 17.2. The first-order chi connectivity index (χ1) is 28.6. The molecule has 0 radical (unpaired) electrons. The molecule has 0 heterocycles. The van der Waals surface area contributed by atoms with Crippen molar-refractivity contribution < 1.29 is 38.2 Å². The fraction of sp³-hybridized carbons (Fsp3) is 0.745. The molecule has 340 valence electrons. The molecule has 0 saturated heterocycles. The summed E-state index contributed by atoms with van der Waals surface area (Å²) in [5.74, 6) is -1.75. The number of nitrogens with zero attached hydrogens (tertiary/aromatic N) is 1. The van der Waals surface area contributed by atoms with Crippen LogP contribution in [0.3, 0.4) is 0 Å². The van der Waals surface area contributed by atoms with Crippen molar-refractivity contribution in [1.29, 1.82) is 0 Å². The summed E-state index contributed by atoms with van der Waals surface area (Å²) in [5.41, 5.74) is 0. The van der Waals surface area contributed by atoms with Crippen molar-refractivity contribution in [3.8, 4) is 0 Å². The molecule has 0 rings (SSSR count). The summed E-state index contributed by atoms with van der Waals surface area (Å²) in [6, 6.07) is -0.729. The number of allylic oxidation sites excluding steroid dienone is 10. The molecule has 0 N–H and O–H groups in total. The summed E-state index contributed by atoms with van der Waals surface area (Å²) >= 11 is 0. The smallest absolute Gasteiger partial charge is 0.306 e. The Labute approximate surface area is 362 Å². The van der Waals surface area contributed by atoms with E-state index < -0.39 is 18.1 Å². The van der Waals surface area contributed by atoms with E-state index in [4.69, 9.17) is 14.2 Å². The van der Waals surface area contributed by atoms with Gasteiger partial charge in [0.2, 0.25) is 0 Å². The van der Waals surface area contributed by atoms with E-state index in [2.05, 4.69) is 74.6 Å². The molecule has 0 spiro atoms. The van der Waals surface area contributed by atoms with Crippen LogP contribution in [-0.4, -0.2) is 75.5 Å². The van der Waals surface area contributed by atoms with E-state index in [1.165, 1.54) is 83.5 Å². The van der Waals surface area contributed by atoms with Gasteiger partial charge in [-0.05, 0) is 77.0 Å². The van der Waals surface area contributed by atoms with Crippen molar-refractivity contribution in [1.82, 2.24) is 0 Å². The number of likely N-dealkylation sites (N-methyl/N-ethyl adjacent to an activating group) is 1. The van der Waals surface area contributed by atoms with Crippen LogP contribution in [0, 0.1) is 0 Å². The quantitative estimate of drug-likeness (QED) is 0.0261. The lowest BCUT2D eigenvalue weighted by Gasteiger charge is -2.34. The highest BCUT2D eigenvalue weighted by molar-refractivity contribution is 5.70.